The van der Waals surface area contributed by atoms with Gasteiger partial charge in [0.25, 0.3) is 0 Å². The quantitative estimate of drug-likeness (QED) is 0.847. The zero-order valence-electron chi connectivity index (χ0n) is 8.00. The first-order chi connectivity index (χ1) is 7.04. The van der Waals surface area contributed by atoms with E-state index in [2.05, 4.69) is 4.98 Å². The molecule has 0 fully saturated rings. The summed E-state index contributed by atoms with van der Waals surface area (Å²) in [6, 6.07) is -0.723. The lowest BCUT2D eigenvalue weighted by atomic mass is 10.2. The van der Waals surface area contributed by atoms with Gasteiger partial charge in [0.2, 0.25) is 0 Å². The molecule has 0 saturated carbocycles. The maximum atomic E-state index is 11.2. The molecule has 2 N–H and O–H groups in total. The number of halogens is 2. The summed E-state index contributed by atoms with van der Waals surface area (Å²) in [5.41, 5.74) is 5.62. The second-order valence-electron chi connectivity index (χ2n) is 2.74. The van der Waals surface area contributed by atoms with Gasteiger partial charge in [0.15, 0.2) is 4.47 Å². The number of carbonyl (C=O) groups is 1. The minimum atomic E-state index is -0.723. The van der Waals surface area contributed by atoms with E-state index in [4.69, 9.17) is 33.7 Å². The molecule has 0 spiro atoms. The number of hydrogen-bond acceptors (Lipinski definition) is 5. The molecule has 15 heavy (non-hydrogen) atoms. The molecule has 1 aromatic rings. The molecule has 1 atom stereocenters. The van der Waals surface area contributed by atoms with E-state index in [1.807, 2.05) is 0 Å². The van der Waals surface area contributed by atoms with Gasteiger partial charge in [-0.25, -0.2) is 4.98 Å². The third kappa shape index (κ3) is 3.61. The molecule has 0 aliphatic carbocycles. The first-order valence-electron chi connectivity index (χ1n) is 4.27. The molecular weight excluding hydrogens is 259 g/mol. The van der Waals surface area contributed by atoms with Crippen LogP contribution in [0.1, 0.15) is 11.8 Å². The summed E-state index contributed by atoms with van der Waals surface area (Å²) in [5.74, 6) is -0.446. The van der Waals surface area contributed by atoms with Gasteiger partial charge in [-0.1, -0.05) is 23.2 Å². The highest BCUT2D eigenvalue weighted by Gasteiger charge is 2.18. The predicted octanol–water partition coefficient (Wildman–Crippen LogP) is 1.88. The number of aromatic nitrogens is 1. The van der Waals surface area contributed by atoms with Crippen LogP contribution >= 0.6 is 34.5 Å². The van der Waals surface area contributed by atoms with Crippen LogP contribution in [-0.2, 0) is 16.0 Å². The van der Waals surface area contributed by atoms with Crippen molar-refractivity contribution in [3.63, 3.8) is 0 Å². The van der Waals surface area contributed by atoms with Crippen LogP contribution in [-0.4, -0.2) is 23.6 Å². The zero-order chi connectivity index (χ0) is 11.4. The fourth-order valence-corrected chi connectivity index (χ4v) is 2.43. The Balaban J connectivity index is 2.61. The Labute approximate surface area is 101 Å². The fourth-order valence-electron chi connectivity index (χ4n) is 0.964. The molecule has 0 aliphatic heterocycles. The van der Waals surface area contributed by atoms with Crippen molar-refractivity contribution >= 4 is 40.5 Å². The summed E-state index contributed by atoms with van der Waals surface area (Å²) in [4.78, 5) is 15.7. The standard InChI is InChI=1S/C8H10Cl2N2O2S/c1-2-14-7(13)4(11)3-5-6(9)12-8(10)15-5/h4H,2-3,11H2,1H3. The van der Waals surface area contributed by atoms with E-state index in [1.54, 1.807) is 6.92 Å². The second kappa shape index (κ2) is 5.65. The predicted molar refractivity (Wildman–Crippen MR) is 60.4 cm³/mol. The zero-order valence-corrected chi connectivity index (χ0v) is 10.3. The van der Waals surface area contributed by atoms with E-state index < -0.39 is 12.0 Å². The van der Waals surface area contributed by atoms with Gasteiger partial charge in [-0.2, -0.15) is 0 Å². The average Bonchev–Trinajstić information content (AvgIpc) is 2.45. The second-order valence-corrected chi connectivity index (χ2v) is 4.77. The molecule has 7 heteroatoms. The van der Waals surface area contributed by atoms with E-state index in [0.29, 0.717) is 27.5 Å². The van der Waals surface area contributed by atoms with Gasteiger partial charge in [0.1, 0.15) is 11.2 Å². The van der Waals surface area contributed by atoms with Crippen LogP contribution in [0.25, 0.3) is 0 Å². The van der Waals surface area contributed by atoms with Gasteiger partial charge in [-0.05, 0) is 6.92 Å². The molecule has 0 bridgehead atoms. The normalized spacial score (nSPS) is 12.5. The molecule has 1 heterocycles. The summed E-state index contributed by atoms with van der Waals surface area (Å²) in [6.45, 7) is 2.03. The van der Waals surface area contributed by atoms with E-state index in [9.17, 15) is 4.79 Å². The Kier molecular flexibility index (Phi) is 4.79. The maximum absolute atomic E-state index is 11.2. The van der Waals surface area contributed by atoms with Gasteiger partial charge in [0.05, 0.1) is 6.61 Å². The number of nitrogens with zero attached hydrogens (tertiary/aromatic N) is 1. The SMILES string of the molecule is CCOC(=O)C(N)Cc1sc(Cl)nc1Cl. The number of hydrogen-bond donors (Lipinski definition) is 1. The van der Waals surface area contributed by atoms with Crippen molar-refractivity contribution in [1.82, 2.24) is 4.98 Å². The molecule has 0 amide bonds. The highest BCUT2D eigenvalue weighted by atomic mass is 35.5. The Morgan fingerprint density at radius 2 is 2.33 bits per heavy atom. The number of rotatable bonds is 4. The van der Waals surface area contributed by atoms with Gasteiger partial charge < -0.3 is 10.5 Å². The summed E-state index contributed by atoms with van der Waals surface area (Å²) in [7, 11) is 0. The minimum Gasteiger partial charge on any atom is -0.465 e. The molecular formula is C8H10Cl2N2O2S. The smallest absolute Gasteiger partial charge is 0.323 e. The van der Waals surface area contributed by atoms with Gasteiger partial charge in [-0.15, -0.1) is 11.3 Å². The van der Waals surface area contributed by atoms with Crippen LogP contribution < -0.4 is 5.73 Å². The highest BCUT2D eigenvalue weighted by Crippen LogP contribution is 2.27. The molecule has 0 radical (unpaired) electrons. The first-order valence-corrected chi connectivity index (χ1v) is 5.84. The summed E-state index contributed by atoms with van der Waals surface area (Å²) in [6.07, 6.45) is 0.294. The summed E-state index contributed by atoms with van der Waals surface area (Å²) < 4.78 is 5.11. The summed E-state index contributed by atoms with van der Waals surface area (Å²) >= 11 is 12.6. The number of thiazole rings is 1. The van der Waals surface area contributed by atoms with Crippen LogP contribution in [0.4, 0.5) is 0 Å². The molecule has 0 saturated heterocycles. The van der Waals surface area contributed by atoms with Gasteiger partial charge in [0, 0.05) is 11.3 Å². The molecule has 1 rings (SSSR count). The third-order valence-electron chi connectivity index (χ3n) is 1.62. The van der Waals surface area contributed by atoms with E-state index in [-0.39, 0.29) is 0 Å². The van der Waals surface area contributed by atoms with Gasteiger partial charge in [-0.3, -0.25) is 4.79 Å². The average molecular weight is 269 g/mol. The number of nitrogens with two attached hydrogens (primary N) is 1. The van der Waals surface area contributed by atoms with E-state index in [1.165, 1.54) is 11.3 Å². The maximum Gasteiger partial charge on any atom is 0.323 e. The van der Waals surface area contributed by atoms with Crippen molar-refractivity contribution in [2.75, 3.05) is 6.61 Å². The van der Waals surface area contributed by atoms with Crippen molar-refractivity contribution in [3.05, 3.63) is 14.5 Å². The van der Waals surface area contributed by atoms with Crippen molar-refractivity contribution in [2.45, 2.75) is 19.4 Å². The minimum absolute atomic E-state index is 0.294. The molecule has 0 aromatic carbocycles. The summed E-state index contributed by atoms with van der Waals surface area (Å²) in [5, 5.41) is 0.296. The molecule has 84 valence electrons. The first kappa shape index (κ1) is 12.7. The lowest BCUT2D eigenvalue weighted by molar-refractivity contribution is -0.144. The Hall–Kier alpha value is -0.360. The highest BCUT2D eigenvalue weighted by molar-refractivity contribution is 7.16. The van der Waals surface area contributed by atoms with Crippen LogP contribution in [0, 0.1) is 0 Å². The number of esters is 1. The monoisotopic (exact) mass is 268 g/mol. The molecule has 4 nitrogen and oxygen atoms in total. The molecule has 1 aromatic heterocycles. The van der Waals surface area contributed by atoms with Crippen LogP contribution in [0.15, 0.2) is 0 Å². The Bertz CT molecular complexity index is 356. The number of ether oxygens (including phenoxy) is 1. The van der Waals surface area contributed by atoms with Crippen molar-refractivity contribution < 1.29 is 9.53 Å². The number of carbonyl (C=O) groups excluding carboxylic acids is 1. The lowest BCUT2D eigenvalue weighted by Crippen LogP contribution is -2.34. The van der Waals surface area contributed by atoms with Crippen LogP contribution in [0.2, 0.25) is 9.62 Å². The Morgan fingerprint density at radius 3 is 2.80 bits per heavy atom. The van der Waals surface area contributed by atoms with E-state index >= 15 is 0 Å². The van der Waals surface area contributed by atoms with Gasteiger partial charge >= 0.3 is 5.97 Å². The van der Waals surface area contributed by atoms with E-state index in [0.717, 1.165) is 0 Å². The largest absolute Gasteiger partial charge is 0.465 e. The van der Waals surface area contributed by atoms with Crippen molar-refractivity contribution in [2.24, 2.45) is 5.73 Å². The van der Waals surface area contributed by atoms with Crippen molar-refractivity contribution in [3.8, 4) is 0 Å². The lowest BCUT2D eigenvalue weighted by Gasteiger charge is -2.08. The molecule has 0 aliphatic rings. The van der Waals surface area contributed by atoms with Crippen LogP contribution in [0.5, 0.6) is 0 Å². The fraction of sp³-hybridized carbons (Fsp3) is 0.500. The van der Waals surface area contributed by atoms with Crippen molar-refractivity contribution in [1.29, 1.82) is 0 Å². The molecule has 1 unspecified atom stereocenters. The van der Waals surface area contributed by atoms with Crippen LogP contribution in [0.3, 0.4) is 0 Å². The Morgan fingerprint density at radius 1 is 1.67 bits per heavy atom. The topological polar surface area (TPSA) is 65.2 Å². The third-order valence-corrected chi connectivity index (χ3v) is 3.23.